The van der Waals surface area contributed by atoms with Crippen LogP contribution in [0.3, 0.4) is 0 Å². The van der Waals surface area contributed by atoms with Crippen LogP contribution in [0, 0.1) is 0 Å². The molecule has 0 aliphatic carbocycles. The maximum atomic E-state index is 11.2. The molecule has 1 unspecified atom stereocenters. The molecule has 5 nitrogen and oxygen atoms in total. The van der Waals surface area contributed by atoms with Gasteiger partial charge in [0.25, 0.3) is 10.1 Å². The van der Waals surface area contributed by atoms with Gasteiger partial charge in [-0.3, -0.25) is 9.35 Å². The normalized spacial score (nSPS) is 13.6. The van der Waals surface area contributed by atoms with Crippen molar-refractivity contribution in [2.24, 2.45) is 0 Å². The minimum Gasteiger partial charge on any atom is -0.369 e. The van der Waals surface area contributed by atoms with Crippen molar-refractivity contribution in [3.63, 3.8) is 0 Å². The predicted octanol–water partition coefficient (Wildman–Crippen LogP) is 0.0755. The summed E-state index contributed by atoms with van der Waals surface area (Å²) in [6.07, 6.45) is 0. The van der Waals surface area contributed by atoms with Gasteiger partial charge in [0.05, 0.1) is 0 Å². The first kappa shape index (κ1) is 10.8. The van der Waals surface area contributed by atoms with Gasteiger partial charge in [-0.05, 0) is 0 Å². The molecule has 0 aliphatic heterocycles. The first-order chi connectivity index (χ1) is 6.43. The molecule has 1 aromatic rings. The summed E-state index contributed by atoms with van der Waals surface area (Å²) in [6, 6.07) is 7.36. The third-order valence-corrected chi connectivity index (χ3v) is 2.34. The monoisotopic (exact) mass is 216 g/mol. The van der Waals surface area contributed by atoms with Crippen molar-refractivity contribution >= 4 is 15.9 Å². The van der Waals surface area contributed by atoms with Crippen LogP contribution in [0.1, 0.15) is 10.4 Å². The van der Waals surface area contributed by atoms with Gasteiger partial charge in [0.1, 0.15) is 0 Å². The van der Waals surface area contributed by atoms with Crippen molar-refractivity contribution in [1.29, 1.82) is 0 Å². The molecule has 1 rings (SSSR count). The Hall–Kier alpha value is -1.24. The number of benzene rings is 1. The first-order valence-electron chi connectivity index (χ1n) is 3.66. The lowest BCUT2D eigenvalue weighted by atomic mass is 10.1. The van der Waals surface area contributed by atoms with E-state index in [1.165, 1.54) is 24.3 Å². The summed E-state index contributed by atoms with van der Waals surface area (Å²) in [7, 11) is -4.74. The molecule has 0 aromatic heterocycles. The number of carbonyl (C=O) groups excluding carboxylic acids is 1. The second kappa shape index (κ2) is 3.87. The maximum Gasteiger partial charge on any atom is 0.299 e. The van der Waals surface area contributed by atoms with Gasteiger partial charge in [-0.15, -0.1) is 0 Å². The highest BCUT2D eigenvalue weighted by atomic mass is 32.2. The number of aliphatic hydroxyl groups excluding tert-OH is 1. The van der Waals surface area contributed by atoms with Crippen LogP contribution in [0.5, 0.6) is 0 Å². The Morgan fingerprint density at radius 1 is 1.21 bits per heavy atom. The van der Waals surface area contributed by atoms with E-state index in [2.05, 4.69) is 0 Å². The lowest BCUT2D eigenvalue weighted by Crippen LogP contribution is -2.29. The van der Waals surface area contributed by atoms with Gasteiger partial charge in [-0.1, -0.05) is 30.3 Å². The molecule has 1 atom stereocenters. The Kier molecular flexibility index (Phi) is 3.00. The molecule has 76 valence electrons. The van der Waals surface area contributed by atoms with E-state index in [-0.39, 0.29) is 5.56 Å². The summed E-state index contributed by atoms with van der Waals surface area (Å²) in [5.41, 5.74) is -2.39. The van der Waals surface area contributed by atoms with Crippen molar-refractivity contribution in [3.05, 3.63) is 35.9 Å². The number of carbonyl (C=O) groups is 1. The van der Waals surface area contributed by atoms with Crippen LogP contribution in [0.15, 0.2) is 30.3 Å². The van der Waals surface area contributed by atoms with E-state index in [0.29, 0.717) is 0 Å². The van der Waals surface area contributed by atoms with Crippen LogP contribution in [0.2, 0.25) is 0 Å². The number of Topliss-reactive ketones (excluding diaryl/α,β-unsaturated/α-hetero) is 1. The molecule has 2 N–H and O–H groups in total. The molecule has 14 heavy (non-hydrogen) atoms. The molecular formula is C8H8O5S. The average Bonchev–Trinajstić information content (AvgIpc) is 2.15. The van der Waals surface area contributed by atoms with E-state index < -0.39 is 21.3 Å². The fourth-order valence-electron chi connectivity index (χ4n) is 0.880. The first-order valence-corrected chi connectivity index (χ1v) is 5.17. The summed E-state index contributed by atoms with van der Waals surface area (Å²) in [5.74, 6) is -1.05. The molecule has 0 heterocycles. The number of aliphatic hydroxyl groups is 1. The van der Waals surface area contributed by atoms with E-state index in [1.807, 2.05) is 0 Å². The SMILES string of the molecule is O=C(c1ccccc1)C(O)S(=O)(=O)O. The third-order valence-electron chi connectivity index (χ3n) is 1.56. The highest BCUT2D eigenvalue weighted by molar-refractivity contribution is 7.87. The third kappa shape index (κ3) is 2.38. The Labute approximate surface area is 80.7 Å². The van der Waals surface area contributed by atoms with E-state index in [0.717, 1.165) is 0 Å². The highest BCUT2D eigenvalue weighted by Gasteiger charge is 2.28. The fraction of sp³-hybridized carbons (Fsp3) is 0.125. The smallest absolute Gasteiger partial charge is 0.299 e. The van der Waals surface area contributed by atoms with Gasteiger partial charge in [-0.25, -0.2) is 0 Å². The lowest BCUT2D eigenvalue weighted by Gasteiger charge is -2.05. The van der Waals surface area contributed by atoms with E-state index in [1.54, 1.807) is 6.07 Å². The molecular weight excluding hydrogens is 208 g/mol. The van der Waals surface area contributed by atoms with Crippen LogP contribution in [0.4, 0.5) is 0 Å². The molecule has 0 saturated carbocycles. The second-order valence-electron chi connectivity index (χ2n) is 2.60. The second-order valence-corrected chi connectivity index (χ2v) is 4.07. The van der Waals surface area contributed by atoms with Crippen LogP contribution in [0.25, 0.3) is 0 Å². The zero-order valence-corrected chi connectivity index (χ0v) is 7.81. The van der Waals surface area contributed by atoms with Crippen molar-refractivity contribution in [1.82, 2.24) is 0 Å². The van der Waals surface area contributed by atoms with E-state index >= 15 is 0 Å². The van der Waals surface area contributed by atoms with Gasteiger partial charge in [0, 0.05) is 5.56 Å². The minimum atomic E-state index is -4.74. The summed E-state index contributed by atoms with van der Waals surface area (Å²) in [5, 5.41) is 8.92. The summed E-state index contributed by atoms with van der Waals surface area (Å²) >= 11 is 0. The summed E-state index contributed by atoms with van der Waals surface area (Å²) in [6.45, 7) is 0. The Balaban J connectivity index is 2.99. The minimum absolute atomic E-state index is 0.0256. The summed E-state index contributed by atoms with van der Waals surface area (Å²) < 4.78 is 29.3. The van der Waals surface area contributed by atoms with Gasteiger partial charge >= 0.3 is 0 Å². The van der Waals surface area contributed by atoms with Crippen LogP contribution in [-0.4, -0.2) is 29.3 Å². The van der Waals surface area contributed by atoms with Crippen LogP contribution in [-0.2, 0) is 10.1 Å². The molecule has 1 aromatic carbocycles. The molecule has 0 spiro atoms. The molecule has 0 saturated heterocycles. The highest BCUT2D eigenvalue weighted by Crippen LogP contribution is 2.06. The van der Waals surface area contributed by atoms with Gasteiger partial charge in [0.15, 0.2) is 0 Å². The zero-order valence-electron chi connectivity index (χ0n) is 6.99. The van der Waals surface area contributed by atoms with Crippen molar-refractivity contribution in [2.75, 3.05) is 0 Å². The summed E-state index contributed by atoms with van der Waals surface area (Å²) in [4.78, 5) is 11.2. The average molecular weight is 216 g/mol. The molecule has 0 amide bonds. The quantitative estimate of drug-likeness (QED) is 0.551. The van der Waals surface area contributed by atoms with E-state index in [4.69, 9.17) is 9.66 Å². The Morgan fingerprint density at radius 2 is 1.71 bits per heavy atom. The van der Waals surface area contributed by atoms with Gasteiger partial charge in [-0.2, -0.15) is 8.42 Å². The molecule has 0 aliphatic rings. The van der Waals surface area contributed by atoms with Gasteiger partial charge in [0.2, 0.25) is 11.2 Å². The number of hydrogen-bond acceptors (Lipinski definition) is 4. The maximum absolute atomic E-state index is 11.2. The Bertz CT molecular complexity index is 422. The van der Waals surface area contributed by atoms with Crippen molar-refractivity contribution in [3.8, 4) is 0 Å². The zero-order chi connectivity index (χ0) is 10.8. The fourth-order valence-corrected chi connectivity index (χ4v) is 1.29. The number of hydrogen-bond donors (Lipinski definition) is 2. The molecule has 0 fully saturated rings. The number of ketones is 1. The largest absolute Gasteiger partial charge is 0.369 e. The van der Waals surface area contributed by atoms with E-state index in [9.17, 15) is 13.2 Å². The topological polar surface area (TPSA) is 91.7 Å². The standard InChI is InChI=1S/C8H8O5S/c9-7(8(10)14(11,12)13)6-4-2-1-3-5-6/h1-5,8,10H,(H,11,12,13). The van der Waals surface area contributed by atoms with Crippen molar-refractivity contribution < 1.29 is 22.9 Å². The predicted molar refractivity (Wildman–Crippen MR) is 48.3 cm³/mol. The van der Waals surface area contributed by atoms with Crippen LogP contribution >= 0.6 is 0 Å². The Morgan fingerprint density at radius 3 is 2.14 bits per heavy atom. The number of rotatable bonds is 3. The van der Waals surface area contributed by atoms with Crippen LogP contribution < -0.4 is 0 Å². The molecule has 0 radical (unpaired) electrons. The molecule has 0 bridgehead atoms. The molecule has 6 heteroatoms. The van der Waals surface area contributed by atoms with Crippen molar-refractivity contribution in [2.45, 2.75) is 5.44 Å². The van der Waals surface area contributed by atoms with Gasteiger partial charge < -0.3 is 5.11 Å². The lowest BCUT2D eigenvalue weighted by molar-refractivity contribution is 0.0848.